The monoisotopic (exact) mass is 1250 g/mol. The molecule has 10 aromatic rings. The van der Waals surface area contributed by atoms with Crippen molar-refractivity contribution in [2.45, 2.75) is 229 Å². The summed E-state index contributed by atoms with van der Waals surface area (Å²) >= 11 is 0. The third-order valence-electron chi connectivity index (χ3n) is 19.6. The molecule has 1 fully saturated rings. The first-order valence-electron chi connectivity index (χ1n) is 33.8. The molecule has 2 unspecified atom stereocenters. The second-order valence-electron chi connectivity index (χ2n) is 35.2. The highest BCUT2D eigenvalue weighted by Gasteiger charge is 2.36. The lowest BCUT2D eigenvalue weighted by Gasteiger charge is -2.34. The number of hydrogen-bond donors (Lipinski definition) is 2. The molecule has 2 heterocycles. The number of hydrogen-bond acceptors (Lipinski definition) is 4. The Bertz CT molecular complexity index is 4110. The SMILES string of the molecule is CC(C)(C)CC(C)(C)c1cc(-c2cc(F)ccc2OC2CCC(Oc3ccc(F)cc3-c3cc(C(C)(C)CC(C)(C)C)cc(-n4c5ccc(C(C)(C)C)cc5c5cc(C(C)(C)C)ccc54)c3O)C2)c(O)c(-n2c3ccc(C(C)(C)C)cc3c3cc(C(C)(C)C)ccc32)c1. The van der Waals surface area contributed by atoms with Crippen LogP contribution in [0.4, 0.5) is 8.78 Å². The fraction of sp³-hybridized carbons (Fsp3) is 0.435. The first-order chi connectivity index (χ1) is 43.0. The molecule has 0 bridgehead atoms. The van der Waals surface area contributed by atoms with Gasteiger partial charge in [-0.15, -0.1) is 0 Å². The van der Waals surface area contributed by atoms with E-state index in [0.717, 1.165) is 67.6 Å². The zero-order valence-corrected chi connectivity index (χ0v) is 59.8. The Hall–Kier alpha value is -7.58. The Morgan fingerprint density at radius 1 is 0.355 bits per heavy atom. The number of nitrogens with zero attached hydrogens (tertiary/aromatic N) is 2. The zero-order valence-electron chi connectivity index (χ0n) is 59.8. The molecular formula is C85H102F2N2O4. The van der Waals surface area contributed by atoms with Crippen molar-refractivity contribution in [3.05, 3.63) is 178 Å². The number of aromatic nitrogens is 2. The van der Waals surface area contributed by atoms with Gasteiger partial charge in [0, 0.05) is 50.2 Å². The van der Waals surface area contributed by atoms with E-state index >= 15 is 8.78 Å². The van der Waals surface area contributed by atoms with Gasteiger partial charge >= 0.3 is 0 Å². The van der Waals surface area contributed by atoms with Crippen molar-refractivity contribution >= 4 is 43.6 Å². The van der Waals surface area contributed by atoms with Gasteiger partial charge in [-0.2, -0.15) is 0 Å². The summed E-state index contributed by atoms with van der Waals surface area (Å²) in [5, 5.41) is 30.7. The van der Waals surface area contributed by atoms with Crippen LogP contribution in [0.15, 0.2) is 133 Å². The molecule has 0 saturated heterocycles. The summed E-state index contributed by atoms with van der Waals surface area (Å²) in [4.78, 5) is 0. The van der Waals surface area contributed by atoms with Crippen LogP contribution in [0.3, 0.4) is 0 Å². The van der Waals surface area contributed by atoms with Crippen LogP contribution in [0.5, 0.6) is 23.0 Å². The van der Waals surface area contributed by atoms with E-state index in [2.05, 4.69) is 246 Å². The standard InChI is InChI=1S/C85H102F2N2O4/c1-78(2,3)48-84(19,20)54-41-66(76(90)72(43-54)88-68-31-23-50(80(7,8)9)37-60(68)61-38-51(81(10,11)12)24-32-69(61)88)64-45-56(86)27-35-74(64)92-58-29-30-59(47-58)93-75-36-28-57(87)46-65(75)67-42-55(85(21,22)49-79(4,5)6)44-73(77(67)91)89-70-33-25-52(82(13,14)15)39-62(70)63-40-53(83(16,17)18)26-34-71(63)89/h23-28,31-46,58-59,90-91H,29-30,47-49H2,1-22H3. The summed E-state index contributed by atoms with van der Waals surface area (Å²) in [5.41, 5.74) is 12.6. The molecular weight excluding hydrogens is 1150 g/mol. The summed E-state index contributed by atoms with van der Waals surface area (Å²) < 4.78 is 50.8. The van der Waals surface area contributed by atoms with Gasteiger partial charge in [-0.1, -0.05) is 177 Å². The molecule has 11 rings (SSSR count). The highest BCUT2D eigenvalue weighted by atomic mass is 19.1. The number of rotatable bonds is 12. The smallest absolute Gasteiger partial charge is 0.147 e. The van der Waals surface area contributed by atoms with Gasteiger partial charge in [0.15, 0.2) is 0 Å². The highest BCUT2D eigenvalue weighted by Crippen LogP contribution is 2.51. The highest BCUT2D eigenvalue weighted by molar-refractivity contribution is 6.11. The van der Waals surface area contributed by atoms with Gasteiger partial charge in [0.2, 0.25) is 0 Å². The Labute approximate surface area is 553 Å². The van der Waals surface area contributed by atoms with Gasteiger partial charge in [-0.05, 0) is 212 Å². The number of phenols is 2. The molecule has 2 atom stereocenters. The van der Waals surface area contributed by atoms with Crippen molar-refractivity contribution in [2.75, 3.05) is 0 Å². The second kappa shape index (κ2) is 23.1. The average Bonchev–Trinajstić information content (AvgIpc) is 1.61. The minimum absolute atomic E-state index is 0.0237. The van der Waals surface area contributed by atoms with E-state index in [1.165, 1.54) is 46.5 Å². The van der Waals surface area contributed by atoms with Crippen LogP contribution >= 0.6 is 0 Å². The van der Waals surface area contributed by atoms with Crippen LogP contribution in [0.1, 0.15) is 218 Å². The van der Waals surface area contributed by atoms with Crippen molar-refractivity contribution in [1.82, 2.24) is 9.13 Å². The molecule has 2 aromatic heterocycles. The summed E-state index contributed by atoms with van der Waals surface area (Å²) in [6, 6.07) is 44.3. The van der Waals surface area contributed by atoms with Gasteiger partial charge in [-0.3, -0.25) is 0 Å². The molecule has 1 aliphatic rings. The third-order valence-corrected chi connectivity index (χ3v) is 19.6. The Morgan fingerprint density at radius 2 is 0.645 bits per heavy atom. The molecule has 2 N–H and O–H groups in total. The molecule has 1 saturated carbocycles. The van der Waals surface area contributed by atoms with Crippen LogP contribution in [0, 0.1) is 22.5 Å². The van der Waals surface area contributed by atoms with E-state index in [0.29, 0.717) is 64.4 Å². The number of phenolic OH excluding ortho intramolecular Hbond substituents is 2. The maximum absolute atomic E-state index is 16.1. The van der Waals surface area contributed by atoms with Crippen LogP contribution in [-0.4, -0.2) is 31.6 Å². The number of halogens is 2. The lowest BCUT2D eigenvalue weighted by molar-refractivity contribution is 0.166. The predicted molar refractivity (Wildman–Crippen MR) is 387 cm³/mol. The zero-order chi connectivity index (χ0) is 67.8. The molecule has 490 valence electrons. The predicted octanol–water partition coefficient (Wildman–Crippen LogP) is 23.9. The van der Waals surface area contributed by atoms with E-state index in [4.69, 9.17) is 9.47 Å². The van der Waals surface area contributed by atoms with Crippen molar-refractivity contribution in [3.8, 4) is 56.6 Å². The van der Waals surface area contributed by atoms with Crippen LogP contribution in [0.25, 0.3) is 77.2 Å². The maximum Gasteiger partial charge on any atom is 0.147 e. The van der Waals surface area contributed by atoms with Gasteiger partial charge in [-0.25, -0.2) is 8.78 Å². The number of ether oxygens (including phenoxy) is 2. The quantitative estimate of drug-likeness (QED) is 0.128. The van der Waals surface area contributed by atoms with E-state index in [9.17, 15) is 10.2 Å². The molecule has 0 amide bonds. The van der Waals surface area contributed by atoms with Crippen LogP contribution < -0.4 is 9.47 Å². The van der Waals surface area contributed by atoms with E-state index in [1.54, 1.807) is 12.1 Å². The van der Waals surface area contributed by atoms with Gasteiger partial charge in [0.05, 0.1) is 33.4 Å². The van der Waals surface area contributed by atoms with Crippen molar-refractivity contribution < 1.29 is 28.5 Å². The largest absolute Gasteiger partial charge is 0.505 e. The topological polar surface area (TPSA) is 68.8 Å². The van der Waals surface area contributed by atoms with Crippen LogP contribution in [-0.2, 0) is 32.5 Å². The van der Waals surface area contributed by atoms with Crippen molar-refractivity contribution in [1.29, 1.82) is 0 Å². The van der Waals surface area contributed by atoms with E-state index in [1.807, 2.05) is 12.1 Å². The van der Waals surface area contributed by atoms with Gasteiger partial charge in [0.1, 0.15) is 46.8 Å². The number of benzene rings is 8. The summed E-state index contributed by atoms with van der Waals surface area (Å²) in [6.07, 6.45) is 2.68. The van der Waals surface area contributed by atoms with Crippen LogP contribution in [0.2, 0.25) is 0 Å². The second-order valence-corrected chi connectivity index (χ2v) is 35.2. The lowest BCUT2D eigenvalue weighted by Crippen LogP contribution is -2.25. The van der Waals surface area contributed by atoms with Gasteiger partial charge < -0.3 is 28.8 Å². The normalized spacial score (nSPS) is 15.8. The van der Waals surface area contributed by atoms with E-state index in [-0.39, 0.29) is 67.0 Å². The minimum Gasteiger partial charge on any atom is -0.505 e. The maximum atomic E-state index is 16.1. The Balaban J connectivity index is 0.998. The molecule has 0 radical (unpaired) electrons. The first-order valence-corrected chi connectivity index (χ1v) is 33.8. The van der Waals surface area contributed by atoms with Gasteiger partial charge in [0.25, 0.3) is 0 Å². The summed E-state index contributed by atoms with van der Waals surface area (Å²) in [7, 11) is 0. The molecule has 1 aliphatic carbocycles. The molecule has 8 heteroatoms. The summed E-state index contributed by atoms with van der Waals surface area (Å²) in [6.45, 7) is 49.4. The minimum atomic E-state index is -0.449. The average molecular weight is 1250 g/mol. The van der Waals surface area contributed by atoms with E-state index < -0.39 is 11.6 Å². The molecule has 8 aromatic carbocycles. The number of aromatic hydroxyl groups is 2. The Kier molecular flexibility index (Phi) is 16.6. The molecule has 93 heavy (non-hydrogen) atoms. The number of fused-ring (bicyclic) bond motifs is 6. The lowest BCUT2D eigenvalue weighted by atomic mass is 9.71. The summed E-state index contributed by atoms with van der Waals surface area (Å²) in [5.74, 6) is 0.0475. The molecule has 0 aliphatic heterocycles. The molecule has 6 nitrogen and oxygen atoms in total. The Morgan fingerprint density at radius 3 is 0.914 bits per heavy atom. The third kappa shape index (κ3) is 13.3. The van der Waals surface area contributed by atoms with Crippen molar-refractivity contribution in [3.63, 3.8) is 0 Å². The first kappa shape index (κ1) is 66.9. The van der Waals surface area contributed by atoms with Crippen molar-refractivity contribution in [2.24, 2.45) is 10.8 Å². The fourth-order valence-corrected chi connectivity index (χ4v) is 15.2. The molecule has 0 spiro atoms. The fourth-order valence-electron chi connectivity index (χ4n) is 15.2.